The van der Waals surface area contributed by atoms with Crippen LogP contribution in [-0.2, 0) is 21.2 Å². The van der Waals surface area contributed by atoms with Gasteiger partial charge in [0.15, 0.2) is 0 Å². The number of allylic oxidation sites excluding steroid dienone is 1. The molecule has 1 aliphatic heterocycles. The Hall–Kier alpha value is -1.78. The second-order valence-corrected chi connectivity index (χ2v) is 7.27. The van der Waals surface area contributed by atoms with E-state index in [9.17, 15) is 26.4 Å². The number of nitrogens with zero attached hydrogens (tertiary/aromatic N) is 2. The first-order chi connectivity index (χ1) is 11.3. The molecule has 0 saturated heterocycles. The van der Waals surface area contributed by atoms with Crippen molar-refractivity contribution in [1.82, 2.24) is 0 Å². The number of hydrogen-bond acceptors (Lipinski definition) is 3. The number of hydrogen-bond donors (Lipinski definition) is 1. The smallest absolute Gasteiger partial charge is 0.416 e. The van der Waals surface area contributed by atoms with Gasteiger partial charge >= 0.3 is 22.4 Å². The molecule has 0 radical (unpaired) electrons. The molecule has 0 fully saturated rings. The van der Waals surface area contributed by atoms with Crippen LogP contribution in [0.5, 0.6) is 0 Å². The summed E-state index contributed by atoms with van der Waals surface area (Å²) >= 11 is 11.6. The Balaban J connectivity index is 2.57. The highest BCUT2D eigenvalue weighted by molar-refractivity contribution is 7.91. The van der Waals surface area contributed by atoms with Gasteiger partial charge in [0.1, 0.15) is 0 Å². The molecule has 0 spiro atoms. The van der Waals surface area contributed by atoms with Crippen molar-refractivity contribution >= 4 is 50.8 Å². The number of rotatable bonds is 3. The van der Waals surface area contributed by atoms with Gasteiger partial charge in [-0.3, -0.25) is 4.79 Å². The van der Waals surface area contributed by atoms with Crippen molar-refractivity contribution in [3.05, 3.63) is 39.5 Å². The molecule has 6 nitrogen and oxygen atoms in total. The molecule has 1 heterocycles. The van der Waals surface area contributed by atoms with Crippen LogP contribution in [0.15, 0.2) is 28.3 Å². The fourth-order valence-corrected chi connectivity index (χ4v) is 4.07. The molecule has 1 N–H and O–H groups in total. The van der Waals surface area contributed by atoms with Gasteiger partial charge in [0, 0.05) is 6.20 Å². The molecule has 2 rings (SSSR count). The Morgan fingerprint density at radius 2 is 1.80 bits per heavy atom. The highest BCUT2D eigenvalue weighted by Gasteiger charge is 2.35. The van der Waals surface area contributed by atoms with Crippen LogP contribution in [0.3, 0.4) is 0 Å². The van der Waals surface area contributed by atoms with Crippen LogP contribution in [-0.4, -0.2) is 25.2 Å². The van der Waals surface area contributed by atoms with Gasteiger partial charge in [0.05, 0.1) is 33.4 Å². The second-order valence-electron chi connectivity index (χ2n) is 4.98. The summed E-state index contributed by atoms with van der Waals surface area (Å²) in [7, 11) is -4.47. The van der Waals surface area contributed by atoms with Gasteiger partial charge < -0.3 is 5.11 Å². The zero-order chi connectivity index (χ0) is 19.2. The minimum atomic E-state index is -4.72. The van der Waals surface area contributed by atoms with Gasteiger partial charge in [-0.15, -0.1) is 4.40 Å². The molecule has 0 saturated carbocycles. The number of carboxylic acids is 1. The topological polar surface area (TPSA) is 87.0 Å². The fourth-order valence-electron chi connectivity index (χ4n) is 2.01. The number of carbonyl (C=O) groups is 1. The van der Waals surface area contributed by atoms with Crippen LogP contribution >= 0.6 is 23.2 Å². The number of alkyl halides is 3. The van der Waals surface area contributed by atoms with Crippen molar-refractivity contribution in [2.24, 2.45) is 4.40 Å². The Morgan fingerprint density at radius 1 is 1.28 bits per heavy atom. The van der Waals surface area contributed by atoms with Gasteiger partial charge in [-0.25, -0.2) is 4.31 Å². The van der Waals surface area contributed by atoms with Crippen molar-refractivity contribution < 1.29 is 31.5 Å². The maximum atomic E-state index is 12.8. The van der Waals surface area contributed by atoms with Crippen molar-refractivity contribution in [3.63, 3.8) is 0 Å². The van der Waals surface area contributed by atoms with Crippen molar-refractivity contribution in [1.29, 1.82) is 0 Å². The number of benzene rings is 1. The van der Waals surface area contributed by atoms with Crippen LogP contribution in [0.1, 0.15) is 18.9 Å². The SMILES string of the molecule is CC1=CN(c2c(Cl)cc(C(F)(F)F)cc2Cl)S(=O)(=O)N=C1CC(=O)O. The van der Waals surface area contributed by atoms with Crippen LogP contribution in [0.25, 0.3) is 0 Å². The van der Waals surface area contributed by atoms with Crippen molar-refractivity contribution in [3.8, 4) is 0 Å². The fraction of sp³-hybridized carbons (Fsp3) is 0.231. The third-order valence-electron chi connectivity index (χ3n) is 3.12. The normalized spacial score (nSPS) is 17.1. The predicted molar refractivity (Wildman–Crippen MR) is 86.3 cm³/mol. The zero-order valence-electron chi connectivity index (χ0n) is 12.3. The molecule has 0 unspecified atom stereocenters. The van der Waals surface area contributed by atoms with E-state index in [1.165, 1.54) is 6.92 Å². The lowest BCUT2D eigenvalue weighted by Gasteiger charge is -2.25. The largest absolute Gasteiger partial charge is 0.481 e. The van der Waals surface area contributed by atoms with Gasteiger partial charge in [0.25, 0.3) is 0 Å². The lowest BCUT2D eigenvalue weighted by atomic mass is 10.1. The van der Waals surface area contributed by atoms with Crippen LogP contribution < -0.4 is 4.31 Å². The summed E-state index contributed by atoms with van der Waals surface area (Å²) in [6.07, 6.45) is -4.35. The molecule has 0 aliphatic carbocycles. The summed E-state index contributed by atoms with van der Waals surface area (Å²) in [5.74, 6) is -1.29. The van der Waals surface area contributed by atoms with Gasteiger partial charge in [-0.1, -0.05) is 23.2 Å². The Bertz CT molecular complexity index is 887. The molecular formula is C13H9Cl2F3N2O4S. The summed E-state index contributed by atoms with van der Waals surface area (Å²) in [6.45, 7) is 1.40. The molecule has 1 aliphatic rings. The molecule has 0 atom stereocenters. The summed E-state index contributed by atoms with van der Waals surface area (Å²) in [5, 5.41) is 7.66. The highest BCUT2D eigenvalue weighted by Crippen LogP contribution is 2.42. The Kier molecular flexibility index (Phi) is 5.08. The van der Waals surface area contributed by atoms with E-state index in [0.717, 1.165) is 6.20 Å². The van der Waals surface area contributed by atoms with Crippen LogP contribution in [0.4, 0.5) is 18.9 Å². The average molecular weight is 417 g/mol. The first-order valence-electron chi connectivity index (χ1n) is 6.43. The van der Waals surface area contributed by atoms with E-state index in [4.69, 9.17) is 28.3 Å². The minimum absolute atomic E-state index is 0.184. The number of halogens is 5. The molecule has 1 aromatic rings. The Labute approximate surface area is 150 Å². The second kappa shape index (κ2) is 6.50. The molecule has 0 amide bonds. The molecule has 12 heteroatoms. The molecule has 136 valence electrons. The van der Waals surface area contributed by atoms with Gasteiger partial charge in [-0.05, 0) is 24.6 Å². The standard InChI is InChI=1S/C13H9Cl2F3N2O4S/c1-6-5-20(25(23,24)19-10(6)4-11(21)22)12-8(14)2-7(3-9(12)15)13(16,17)18/h2-3,5H,4H2,1H3,(H,21,22). The maximum absolute atomic E-state index is 12.8. The quantitative estimate of drug-likeness (QED) is 0.809. The van der Waals surface area contributed by atoms with E-state index in [1.54, 1.807) is 0 Å². The molecular weight excluding hydrogens is 408 g/mol. The van der Waals surface area contributed by atoms with Crippen molar-refractivity contribution in [2.45, 2.75) is 19.5 Å². The molecule has 1 aromatic carbocycles. The van der Waals surface area contributed by atoms with E-state index in [2.05, 4.69) is 4.40 Å². The van der Waals surface area contributed by atoms with E-state index in [0.29, 0.717) is 16.4 Å². The summed E-state index contributed by atoms with van der Waals surface area (Å²) in [5.41, 5.74) is -1.57. The van der Waals surface area contributed by atoms with Gasteiger partial charge in [0.2, 0.25) is 0 Å². The molecule has 0 bridgehead atoms. The average Bonchev–Trinajstić information content (AvgIpc) is 2.41. The van der Waals surface area contributed by atoms with E-state index in [-0.39, 0.29) is 11.3 Å². The molecule has 25 heavy (non-hydrogen) atoms. The lowest BCUT2D eigenvalue weighted by molar-refractivity contribution is -0.137. The summed E-state index contributed by atoms with van der Waals surface area (Å²) in [4.78, 5) is 10.8. The van der Waals surface area contributed by atoms with Crippen molar-refractivity contribution in [2.75, 3.05) is 4.31 Å². The summed E-state index contributed by atoms with van der Waals surface area (Å²) < 4.78 is 66.7. The number of aliphatic carboxylic acids is 1. The van der Waals surface area contributed by atoms with Crippen LogP contribution in [0.2, 0.25) is 10.0 Å². The minimum Gasteiger partial charge on any atom is -0.481 e. The lowest BCUT2D eigenvalue weighted by Crippen LogP contribution is -2.31. The zero-order valence-corrected chi connectivity index (χ0v) is 14.6. The highest BCUT2D eigenvalue weighted by atomic mass is 35.5. The first kappa shape index (κ1) is 19.5. The third kappa shape index (κ3) is 4.07. The van der Waals surface area contributed by atoms with E-state index >= 15 is 0 Å². The molecule has 0 aromatic heterocycles. The maximum Gasteiger partial charge on any atom is 0.416 e. The summed E-state index contributed by atoms with van der Waals surface area (Å²) in [6, 6.07) is 1.08. The Morgan fingerprint density at radius 3 is 2.24 bits per heavy atom. The monoisotopic (exact) mass is 416 g/mol. The first-order valence-corrected chi connectivity index (χ1v) is 8.58. The number of carboxylic acid groups (broad SMARTS) is 1. The van der Waals surface area contributed by atoms with Crippen LogP contribution in [0, 0.1) is 0 Å². The third-order valence-corrected chi connectivity index (χ3v) is 4.94. The predicted octanol–water partition coefficient (Wildman–Crippen LogP) is 3.90. The van der Waals surface area contributed by atoms with E-state index < -0.39 is 50.1 Å². The van der Waals surface area contributed by atoms with E-state index in [1.807, 2.05) is 0 Å². The number of anilines is 1. The van der Waals surface area contributed by atoms with Gasteiger partial charge in [-0.2, -0.15) is 21.6 Å².